The summed E-state index contributed by atoms with van der Waals surface area (Å²) in [5, 5.41) is 3.48. The molecule has 0 heterocycles. The molecule has 19 heavy (non-hydrogen) atoms. The zero-order valence-electron chi connectivity index (χ0n) is 12.4. The highest BCUT2D eigenvalue weighted by molar-refractivity contribution is 5.28. The van der Waals surface area contributed by atoms with Gasteiger partial charge in [0.1, 0.15) is 5.75 Å². The lowest BCUT2D eigenvalue weighted by Crippen LogP contribution is -2.19. The van der Waals surface area contributed by atoms with Gasteiger partial charge in [0.2, 0.25) is 0 Å². The van der Waals surface area contributed by atoms with Gasteiger partial charge in [0, 0.05) is 25.7 Å². The van der Waals surface area contributed by atoms with Crippen LogP contribution in [0.1, 0.15) is 45.2 Å². The van der Waals surface area contributed by atoms with Crippen LogP contribution in [0, 0.1) is 0 Å². The van der Waals surface area contributed by atoms with Crippen LogP contribution in [0.15, 0.2) is 24.3 Å². The lowest BCUT2D eigenvalue weighted by Gasteiger charge is -2.14. The van der Waals surface area contributed by atoms with Crippen LogP contribution in [0.25, 0.3) is 0 Å². The van der Waals surface area contributed by atoms with Gasteiger partial charge >= 0.3 is 0 Å². The van der Waals surface area contributed by atoms with Gasteiger partial charge in [0.15, 0.2) is 0 Å². The van der Waals surface area contributed by atoms with Crippen molar-refractivity contribution in [2.75, 3.05) is 26.4 Å². The molecule has 3 nitrogen and oxygen atoms in total. The Morgan fingerprint density at radius 2 is 1.84 bits per heavy atom. The molecule has 3 heteroatoms. The molecule has 0 radical (unpaired) electrons. The van der Waals surface area contributed by atoms with Crippen molar-refractivity contribution in [1.82, 2.24) is 5.32 Å². The van der Waals surface area contributed by atoms with Crippen molar-refractivity contribution in [2.45, 2.75) is 39.7 Å². The Labute approximate surface area is 117 Å². The molecular weight excluding hydrogens is 238 g/mol. The lowest BCUT2D eigenvalue weighted by molar-refractivity contribution is 0.131. The molecule has 0 saturated carbocycles. The molecule has 0 spiro atoms. The van der Waals surface area contributed by atoms with Crippen LogP contribution in [-0.2, 0) is 4.74 Å². The molecule has 0 amide bonds. The molecule has 0 aliphatic heterocycles. The molecule has 1 rings (SSSR count). The fourth-order valence-electron chi connectivity index (χ4n) is 1.83. The zero-order chi connectivity index (χ0) is 13.9. The Kier molecular flexibility index (Phi) is 8.26. The predicted molar refractivity (Wildman–Crippen MR) is 79.8 cm³/mol. The van der Waals surface area contributed by atoms with Crippen molar-refractivity contribution in [2.24, 2.45) is 0 Å². The number of ether oxygens (including phenoxy) is 2. The maximum Gasteiger partial charge on any atom is 0.119 e. The van der Waals surface area contributed by atoms with Gasteiger partial charge in [-0.3, -0.25) is 0 Å². The number of benzene rings is 1. The maximum atomic E-state index is 5.67. The van der Waals surface area contributed by atoms with Crippen LogP contribution in [-0.4, -0.2) is 26.4 Å². The van der Waals surface area contributed by atoms with Crippen LogP contribution in [0.4, 0.5) is 0 Å². The van der Waals surface area contributed by atoms with E-state index in [4.69, 9.17) is 9.47 Å². The Morgan fingerprint density at radius 3 is 2.47 bits per heavy atom. The quantitative estimate of drug-likeness (QED) is 0.656. The molecule has 1 aromatic carbocycles. The third kappa shape index (κ3) is 6.60. The fourth-order valence-corrected chi connectivity index (χ4v) is 1.83. The summed E-state index contributed by atoms with van der Waals surface area (Å²) in [5.41, 5.74) is 1.30. The zero-order valence-corrected chi connectivity index (χ0v) is 12.4. The van der Waals surface area contributed by atoms with Crippen molar-refractivity contribution >= 4 is 0 Å². The minimum atomic E-state index is 0.395. The average Bonchev–Trinajstić information content (AvgIpc) is 2.45. The molecule has 1 aromatic rings. The van der Waals surface area contributed by atoms with Crippen LogP contribution in [0.5, 0.6) is 5.75 Å². The molecule has 1 unspecified atom stereocenters. The van der Waals surface area contributed by atoms with E-state index in [0.717, 1.165) is 38.3 Å². The van der Waals surface area contributed by atoms with E-state index < -0.39 is 0 Å². The Balaban J connectivity index is 2.30. The molecule has 0 saturated heterocycles. The average molecular weight is 265 g/mol. The number of hydrogen-bond acceptors (Lipinski definition) is 3. The standard InChI is InChI=1S/C16H27NO2/c1-4-11-17-14(3)15-7-9-16(10-8-15)19-13-6-12-18-5-2/h7-10,14,17H,4-6,11-13H2,1-3H3. The normalized spacial score (nSPS) is 12.4. The third-order valence-electron chi connectivity index (χ3n) is 2.99. The van der Waals surface area contributed by atoms with Crippen molar-refractivity contribution in [3.05, 3.63) is 29.8 Å². The first-order chi connectivity index (χ1) is 9.27. The summed E-state index contributed by atoms with van der Waals surface area (Å²) < 4.78 is 10.9. The van der Waals surface area contributed by atoms with Crippen LogP contribution in [0.2, 0.25) is 0 Å². The minimum Gasteiger partial charge on any atom is -0.494 e. The minimum absolute atomic E-state index is 0.395. The largest absolute Gasteiger partial charge is 0.494 e. The highest BCUT2D eigenvalue weighted by atomic mass is 16.5. The Bertz CT molecular complexity index is 324. The smallest absolute Gasteiger partial charge is 0.119 e. The summed E-state index contributed by atoms with van der Waals surface area (Å²) >= 11 is 0. The van der Waals surface area contributed by atoms with E-state index in [0.29, 0.717) is 12.6 Å². The first-order valence-corrected chi connectivity index (χ1v) is 7.31. The van der Waals surface area contributed by atoms with Crippen molar-refractivity contribution in [1.29, 1.82) is 0 Å². The molecule has 0 bridgehead atoms. The second-order valence-corrected chi connectivity index (χ2v) is 4.64. The molecule has 1 atom stereocenters. The highest BCUT2D eigenvalue weighted by Crippen LogP contribution is 2.17. The van der Waals surface area contributed by atoms with Crippen molar-refractivity contribution in [3.8, 4) is 5.75 Å². The van der Waals surface area contributed by atoms with Gasteiger partial charge in [-0.1, -0.05) is 19.1 Å². The van der Waals surface area contributed by atoms with Gasteiger partial charge in [-0.05, 0) is 44.5 Å². The van der Waals surface area contributed by atoms with Gasteiger partial charge in [0.05, 0.1) is 6.61 Å². The van der Waals surface area contributed by atoms with E-state index in [-0.39, 0.29) is 0 Å². The monoisotopic (exact) mass is 265 g/mol. The third-order valence-corrected chi connectivity index (χ3v) is 2.99. The summed E-state index contributed by atoms with van der Waals surface area (Å²) in [6, 6.07) is 8.74. The van der Waals surface area contributed by atoms with E-state index in [1.165, 1.54) is 5.56 Å². The molecule has 0 fully saturated rings. The molecular formula is C16H27NO2. The summed E-state index contributed by atoms with van der Waals surface area (Å²) in [6.07, 6.45) is 2.09. The summed E-state index contributed by atoms with van der Waals surface area (Å²) in [7, 11) is 0. The first kappa shape index (κ1) is 16.0. The molecule has 108 valence electrons. The molecule has 1 N–H and O–H groups in total. The van der Waals surface area contributed by atoms with Gasteiger partial charge in [-0.2, -0.15) is 0 Å². The van der Waals surface area contributed by atoms with Crippen LogP contribution >= 0.6 is 0 Å². The summed E-state index contributed by atoms with van der Waals surface area (Å²) in [4.78, 5) is 0. The number of nitrogens with one attached hydrogen (secondary N) is 1. The van der Waals surface area contributed by atoms with Gasteiger partial charge in [-0.25, -0.2) is 0 Å². The lowest BCUT2D eigenvalue weighted by atomic mass is 10.1. The van der Waals surface area contributed by atoms with Crippen molar-refractivity contribution < 1.29 is 9.47 Å². The molecule has 0 aromatic heterocycles. The Hall–Kier alpha value is -1.06. The topological polar surface area (TPSA) is 30.5 Å². The second-order valence-electron chi connectivity index (χ2n) is 4.64. The van der Waals surface area contributed by atoms with Gasteiger partial charge in [0.25, 0.3) is 0 Å². The van der Waals surface area contributed by atoms with Crippen LogP contribution in [0.3, 0.4) is 0 Å². The van der Waals surface area contributed by atoms with Crippen LogP contribution < -0.4 is 10.1 Å². The van der Waals surface area contributed by atoms with Crippen molar-refractivity contribution in [3.63, 3.8) is 0 Å². The van der Waals surface area contributed by atoms with E-state index in [1.807, 2.05) is 19.1 Å². The van der Waals surface area contributed by atoms with Gasteiger partial charge in [-0.15, -0.1) is 0 Å². The summed E-state index contributed by atoms with van der Waals surface area (Å²) in [6.45, 7) is 9.68. The fraction of sp³-hybridized carbons (Fsp3) is 0.625. The van der Waals surface area contributed by atoms with E-state index in [1.54, 1.807) is 0 Å². The molecule has 0 aliphatic carbocycles. The molecule has 0 aliphatic rings. The highest BCUT2D eigenvalue weighted by Gasteiger charge is 2.03. The SMILES string of the molecule is CCCNC(C)c1ccc(OCCCOCC)cc1. The van der Waals surface area contributed by atoms with E-state index >= 15 is 0 Å². The second kappa shape index (κ2) is 9.82. The number of hydrogen-bond donors (Lipinski definition) is 1. The Morgan fingerprint density at radius 1 is 1.11 bits per heavy atom. The van der Waals surface area contributed by atoms with E-state index in [9.17, 15) is 0 Å². The van der Waals surface area contributed by atoms with E-state index in [2.05, 4.69) is 31.3 Å². The maximum absolute atomic E-state index is 5.67. The summed E-state index contributed by atoms with van der Waals surface area (Å²) in [5.74, 6) is 0.933. The van der Waals surface area contributed by atoms with Gasteiger partial charge < -0.3 is 14.8 Å². The first-order valence-electron chi connectivity index (χ1n) is 7.31. The predicted octanol–water partition coefficient (Wildman–Crippen LogP) is 3.55. The number of rotatable bonds is 10.